The lowest BCUT2D eigenvalue weighted by Crippen LogP contribution is -2.30. The molecule has 7 heteroatoms. The molecule has 0 aliphatic heterocycles. The molecule has 0 saturated heterocycles. The number of nitrogens with one attached hydrogen (secondary N) is 2. The Bertz CT molecular complexity index is 970. The highest BCUT2D eigenvalue weighted by molar-refractivity contribution is 8.00. The summed E-state index contributed by atoms with van der Waals surface area (Å²) in [4.78, 5) is 31.5. The smallest absolute Gasteiger partial charge is 0.259 e. The van der Waals surface area contributed by atoms with Gasteiger partial charge in [0.25, 0.3) is 5.56 Å². The molecule has 1 amide bonds. The molecule has 2 aromatic carbocycles. The van der Waals surface area contributed by atoms with Crippen LogP contribution < -0.4 is 15.6 Å². The highest BCUT2D eigenvalue weighted by Crippen LogP contribution is 2.20. The normalized spacial score (nSPS) is 11.9. The summed E-state index contributed by atoms with van der Waals surface area (Å²) in [7, 11) is 1.61. The first-order valence-corrected chi connectivity index (χ1v) is 9.01. The maximum Gasteiger partial charge on any atom is 0.259 e. The maximum atomic E-state index is 12.3. The first-order valence-electron chi connectivity index (χ1n) is 8.13. The minimum atomic E-state index is -0.391. The predicted molar refractivity (Wildman–Crippen MR) is 103 cm³/mol. The molecule has 2 N–H and O–H groups in total. The first-order chi connectivity index (χ1) is 12.6. The number of thioether (sulfide) groups is 1. The third-order valence-corrected chi connectivity index (χ3v) is 4.86. The first kappa shape index (κ1) is 18.0. The van der Waals surface area contributed by atoms with Crippen molar-refractivity contribution in [2.45, 2.75) is 23.9 Å². The number of hydrogen-bond acceptors (Lipinski definition) is 5. The van der Waals surface area contributed by atoms with Crippen molar-refractivity contribution in [1.29, 1.82) is 0 Å². The lowest BCUT2D eigenvalue weighted by atomic mass is 10.2. The molecule has 0 saturated carbocycles. The summed E-state index contributed by atoms with van der Waals surface area (Å²) in [5.74, 6) is 0.650. The third-order valence-electron chi connectivity index (χ3n) is 3.87. The predicted octanol–water partition coefficient (Wildman–Crippen LogP) is 2.73. The molecule has 0 fully saturated rings. The number of nitrogens with zero attached hydrogens (tertiary/aromatic N) is 1. The third kappa shape index (κ3) is 4.23. The molecule has 26 heavy (non-hydrogen) atoms. The van der Waals surface area contributed by atoms with E-state index < -0.39 is 5.25 Å². The number of methoxy groups -OCH3 is 1. The number of fused-ring (bicyclic) bond motifs is 1. The Morgan fingerprint density at radius 3 is 2.69 bits per heavy atom. The van der Waals surface area contributed by atoms with Crippen LogP contribution >= 0.6 is 11.8 Å². The number of para-hydroxylation sites is 1. The number of amides is 1. The van der Waals surface area contributed by atoms with Crippen molar-refractivity contribution >= 4 is 28.6 Å². The number of carbonyl (C=O) groups excluding carboxylic acids is 1. The number of hydrogen-bond donors (Lipinski definition) is 2. The van der Waals surface area contributed by atoms with Crippen LogP contribution in [0, 0.1) is 0 Å². The number of rotatable bonds is 6. The SMILES string of the molecule is COc1ccc(CNC(=O)C(C)Sc2nc3ccccc3c(=O)[nH]2)cc1. The lowest BCUT2D eigenvalue weighted by Gasteiger charge is -2.12. The van der Waals surface area contributed by atoms with E-state index in [0.29, 0.717) is 22.6 Å². The largest absolute Gasteiger partial charge is 0.497 e. The van der Waals surface area contributed by atoms with Crippen molar-refractivity contribution < 1.29 is 9.53 Å². The van der Waals surface area contributed by atoms with E-state index in [1.165, 1.54) is 11.8 Å². The van der Waals surface area contributed by atoms with Gasteiger partial charge >= 0.3 is 0 Å². The molecule has 134 valence electrons. The van der Waals surface area contributed by atoms with Gasteiger partial charge in [-0.15, -0.1) is 0 Å². The van der Waals surface area contributed by atoms with Gasteiger partial charge in [0.1, 0.15) is 5.75 Å². The highest BCUT2D eigenvalue weighted by atomic mass is 32.2. The lowest BCUT2D eigenvalue weighted by molar-refractivity contribution is -0.120. The van der Waals surface area contributed by atoms with E-state index in [0.717, 1.165) is 11.3 Å². The zero-order valence-electron chi connectivity index (χ0n) is 14.5. The molecule has 3 aromatic rings. The van der Waals surface area contributed by atoms with Gasteiger partial charge in [-0.05, 0) is 36.8 Å². The number of aromatic nitrogens is 2. The van der Waals surface area contributed by atoms with Gasteiger partial charge < -0.3 is 15.0 Å². The minimum absolute atomic E-state index is 0.123. The van der Waals surface area contributed by atoms with Crippen molar-refractivity contribution in [3.05, 3.63) is 64.4 Å². The standard InChI is InChI=1S/C19H19N3O3S/c1-12(17(23)20-11-13-7-9-14(25-2)10-8-13)26-19-21-16-6-4-3-5-15(16)18(24)22-19/h3-10,12H,11H2,1-2H3,(H,20,23)(H,21,22,24). The molecular weight excluding hydrogens is 350 g/mol. The molecule has 6 nitrogen and oxygen atoms in total. The zero-order chi connectivity index (χ0) is 18.5. The Balaban J connectivity index is 1.62. The van der Waals surface area contributed by atoms with E-state index in [1.54, 1.807) is 32.2 Å². The topological polar surface area (TPSA) is 84.1 Å². The van der Waals surface area contributed by atoms with Gasteiger partial charge in [0.05, 0.1) is 23.3 Å². The van der Waals surface area contributed by atoms with E-state index in [-0.39, 0.29) is 11.5 Å². The van der Waals surface area contributed by atoms with E-state index in [2.05, 4.69) is 15.3 Å². The van der Waals surface area contributed by atoms with Crippen molar-refractivity contribution in [2.24, 2.45) is 0 Å². The van der Waals surface area contributed by atoms with Gasteiger partial charge in [0.2, 0.25) is 5.91 Å². The second kappa shape index (κ2) is 8.05. The van der Waals surface area contributed by atoms with Crippen LogP contribution in [0.5, 0.6) is 5.75 Å². The molecule has 1 unspecified atom stereocenters. The van der Waals surface area contributed by atoms with Gasteiger partial charge in [-0.2, -0.15) is 0 Å². The summed E-state index contributed by atoms with van der Waals surface area (Å²) in [6, 6.07) is 14.6. The number of ether oxygens (including phenoxy) is 1. The summed E-state index contributed by atoms with van der Waals surface area (Å²) < 4.78 is 5.11. The number of H-pyrrole nitrogens is 1. The molecular formula is C19H19N3O3S. The molecule has 0 aliphatic rings. The fraction of sp³-hybridized carbons (Fsp3) is 0.211. The molecule has 0 radical (unpaired) electrons. The van der Waals surface area contributed by atoms with Crippen molar-refractivity contribution in [3.8, 4) is 5.75 Å². The van der Waals surface area contributed by atoms with Crippen LogP contribution in [0.2, 0.25) is 0 Å². The van der Waals surface area contributed by atoms with Gasteiger partial charge in [0, 0.05) is 6.54 Å². The maximum absolute atomic E-state index is 12.3. The van der Waals surface area contributed by atoms with Gasteiger partial charge in [0.15, 0.2) is 5.16 Å². The molecule has 1 heterocycles. The van der Waals surface area contributed by atoms with Crippen molar-refractivity contribution in [2.75, 3.05) is 7.11 Å². The number of benzene rings is 2. The van der Waals surface area contributed by atoms with E-state index >= 15 is 0 Å². The van der Waals surface area contributed by atoms with Crippen molar-refractivity contribution in [3.63, 3.8) is 0 Å². The van der Waals surface area contributed by atoms with Crippen LogP contribution in [0.25, 0.3) is 10.9 Å². The monoisotopic (exact) mass is 369 g/mol. The Labute approximate surface area is 155 Å². The van der Waals surface area contributed by atoms with E-state index in [1.807, 2.05) is 30.3 Å². The highest BCUT2D eigenvalue weighted by Gasteiger charge is 2.16. The number of carbonyl (C=O) groups is 1. The molecule has 3 rings (SSSR count). The summed E-state index contributed by atoms with van der Waals surface area (Å²) >= 11 is 1.22. The van der Waals surface area contributed by atoms with Crippen LogP contribution in [-0.4, -0.2) is 28.2 Å². The molecule has 1 atom stereocenters. The Morgan fingerprint density at radius 2 is 1.96 bits per heavy atom. The quantitative estimate of drug-likeness (QED) is 0.516. The summed E-state index contributed by atoms with van der Waals surface area (Å²) in [6.07, 6.45) is 0. The van der Waals surface area contributed by atoms with Gasteiger partial charge in [-0.1, -0.05) is 36.0 Å². The average Bonchev–Trinajstić information content (AvgIpc) is 2.66. The Kier molecular flexibility index (Phi) is 5.58. The van der Waals surface area contributed by atoms with Crippen LogP contribution in [-0.2, 0) is 11.3 Å². The second-order valence-corrected chi connectivity index (χ2v) is 7.04. The fourth-order valence-corrected chi connectivity index (χ4v) is 3.25. The molecule has 0 bridgehead atoms. The van der Waals surface area contributed by atoms with Crippen molar-refractivity contribution in [1.82, 2.24) is 15.3 Å². The van der Waals surface area contributed by atoms with Crippen LogP contribution in [0.3, 0.4) is 0 Å². The number of aromatic amines is 1. The van der Waals surface area contributed by atoms with Crippen LogP contribution in [0.1, 0.15) is 12.5 Å². The summed E-state index contributed by atoms with van der Waals surface area (Å²) in [5, 5.41) is 3.46. The average molecular weight is 369 g/mol. The van der Waals surface area contributed by atoms with E-state index in [9.17, 15) is 9.59 Å². The van der Waals surface area contributed by atoms with Gasteiger partial charge in [-0.25, -0.2) is 4.98 Å². The Hall–Kier alpha value is -2.80. The molecule has 1 aromatic heterocycles. The molecule has 0 spiro atoms. The zero-order valence-corrected chi connectivity index (χ0v) is 15.3. The van der Waals surface area contributed by atoms with Crippen LogP contribution in [0.4, 0.5) is 0 Å². The molecule has 0 aliphatic carbocycles. The second-order valence-electron chi connectivity index (χ2n) is 5.71. The van der Waals surface area contributed by atoms with E-state index in [4.69, 9.17) is 4.74 Å². The van der Waals surface area contributed by atoms with Gasteiger partial charge in [-0.3, -0.25) is 9.59 Å². The summed E-state index contributed by atoms with van der Waals surface area (Å²) in [5.41, 5.74) is 1.39. The Morgan fingerprint density at radius 1 is 1.23 bits per heavy atom. The van der Waals surface area contributed by atoms with Crippen LogP contribution in [0.15, 0.2) is 58.5 Å². The minimum Gasteiger partial charge on any atom is -0.497 e. The summed E-state index contributed by atoms with van der Waals surface area (Å²) in [6.45, 7) is 2.21. The fourth-order valence-electron chi connectivity index (χ4n) is 2.42.